The Morgan fingerprint density at radius 1 is 1.19 bits per heavy atom. The molecule has 6 nitrogen and oxygen atoms in total. The Balaban J connectivity index is 2.02. The standard InChI is InChI=1S/C15H17N3O3/c16-8-15(6-1-2-7-15)14(21)18-12(19)9-4-3-5-10(17)11(9)13(18)20/h3-5H,1-2,6-8,16-17H2. The van der Waals surface area contributed by atoms with Crippen molar-refractivity contribution in [2.24, 2.45) is 11.1 Å². The van der Waals surface area contributed by atoms with E-state index in [0.717, 1.165) is 17.7 Å². The van der Waals surface area contributed by atoms with Gasteiger partial charge in [-0.25, -0.2) is 4.90 Å². The van der Waals surface area contributed by atoms with E-state index >= 15 is 0 Å². The van der Waals surface area contributed by atoms with E-state index in [1.807, 2.05) is 0 Å². The minimum atomic E-state index is -0.790. The molecular weight excluding hydrogens is 270 g/mol. The molecule has 0 bridgehead atoms. The molecule has 1 aromatic carbocycles. The molecule has 4 N–H and O–H groups in total. The van der Waals surface area contributed by atoms with E-state index in [-0.39, 0.29) is 23.4 Å². The molecule has 1 fully saturated rings. The Bertz CT molecular complexity index is 648. The van der Waals surface area contributed by atoms with Crippen LogP contribution < -0.4 is 11.5 Å². The normalized spacial score (nSPS) is 20.0. The zero-order valence-electron chi connectivity index (χ0n) is 11.6. The summed E-state index contributed by atoms with van der Waals surface area (Å²) in [5.74, 6) is -1.70. The Kier molecular flexibility index (Phi) is 3.06. The van der Waals surface area contributed by atoms with Gasteiger partial charge in [-0.3, -0.25) is 14.4 Å². The van der Waals surface area contributed by atoms with Crippen LogP contribution in [0.2, 0.25) is 0 Å². The minimum absolute atomic E-state index is 0.126. The first-order valence-electron chi connectivity index (χ1n) is 7.03. The molecule has 21 heavy (non-hydrogen) atoms. The van der Waals surface area contributed by atoms with Gasteiger partial charge >= 0.3 is 0 Å². The van der Waals surface area contributed by atoms with Crippen LogP contribution in [0, 0.1) is 5.41 Å². The minimum Gasteiger partial charge on any atom is -0.398 e. The van der Waals surface area contributed by atoms with Crippen LogP contribution in [0.5, 0.6) is 0 Å². The van der Waals surface area contributed by atoms with Crippen LogP contribution in [-0.2, 0) is 4.79 Å². The molecule has 0 radical (unpaired) electrons. The number of amides is 3. The van der Waals surface area contributed by atoms with Crippen LogP contribution in [0.3, 0.4) is 0 Å². The van der Waals surface area contributed by atoms with Crippen molar-refractivity contribution in [1.82, 2.24) is 4.90 Å². The maximum atomic E-state index is 12.8. The first-order chi connectivity index (χ1) is 10.0. The maximum absolute atomic E-state index is 12.8. The van der Waals surface area contributed by atoms with Crippen molar-refractivity contribution in [2.75, 3.05) is 12.3 Å². The van der Waals surface area contributed by atoms with E-state index in [0.29, 0.717) is 12.8 Å². The molecule has 110 valence electrons. The number of nitrogens with zero attached hydrogens (tertiary/aromatic N) is 1. The lowest BCUT2D eigenvalue weighted by Crippen LogP contribution is -2.49. The maximum Gasteiger partial charge on any atom is 0.270 e. The summed E-state index contributed by atoms with van der Waals surface area (Å²) in [6.07, 6.45) is 3.00. The van der Waals surface area contributed by atoms with Gasteiger partial charge in [-0.2, -0.15) is 0 Å². The van der Waals surface area contributed by atoms with Gasteiger partial charge in [0.25, 0.3) is 11.8 Å². The fourth-order valence-corrected chi connectivity index (χ4v) is 3.29. The molecule has 3 rings (SSSR count). The molecule has 0 saturated heterocycles. The van der Waals surface area contributed by atoms with Crippen LogP contribution >= 0.6 is 0 Å². The quantitative estimate of drug-likeness (QED) is 0.621. The number of imide groups is 3. The smallest absolute Gasteiger partial charge is 0.270 e. The first-order valence-corrected chi connectivity index (χ1v) is 7.03. The molecule has 0 aromatic heterocycles. The number of fused-ring (bicyclic) bond motifs is 1. The zero-order valence-corrected chi connectivity index (χ0v) is 11.6. The molecule has 1 aliphatic heterocycles. The lowest BCUT2D eigenvalue weighted by Gasteiger charge is -2.28. The Morgan fingerprint density at radius 2 is 1.86 bits per heavy atom. The second-order valence-corrected chi connectivity index (χ2v) is 5.71. The number of rotatable bonds is 2. The number of anilines is 1. The molecule has 2 aliphatic rings. The highest BCUT2D eigenvalue weighted by atomic mass is 16.2. The molecule has 1 aliphatic carbocycles. The number of hydrogen-bond donors (Lipinski definition) is 2. The average molecular weight is 287 g/mol. The number of benzene rings is 1. The largest absolute Gasteiger partial charge is 0.398 e. The summed E-state index contributed by atoms with van der Waals surface area (Å²) in [6.45, 7) is 0.148. The van der Waals surface area contributed by atoms with Gasteiger partial charge in [-0.1, -0.05) is 18.9 Å². The predicted octanol–water partition coefficient (Wildman–Crippen LogP) is 0.910. The molecule has 1 aromatic rings. The van der Waals surface area contributed by atoms with Crippen molar-refractivity contribution in [3.8, 4) is 0 Å². The van der Waals surface area contributed by atoms with Crippen molar-refractivity contribution in [1.29, 1.82) is 0 Å². The molecule has 3 amide bonds. The van der Waals surface area contributed by atoms with Crippen molar-refractivity contribution in [3.05, 3.63) is 29.3 Å². The first kappa shape index (κ1) is 13.8. The van der Waals surface area contributed by atoms with Crippen LogP contribution in [0.4, 0.5) is 5.69 Å². The summed E-state index contributed by atoms with van der Waals surface area (Å²) in [5, 5.41) is 0. The highest BCUT2D eigenvalue weighted by molar-refractivity contribution is 6.31. The number of carbonyl (C=O) groups is 3. The molecule has 1 saturated carbocycles. The average Bonchev–Trinajstić information content (AvgIpc) is 3.05. The lowest BCUT2D eigenvalue weighted by atomic mass is 9.84. The summed E-state index contributed by atoms with van der Waals surface area (Å²) in [4.78, 5) is 38.4. The van der Waals surface area contributed by atoms with Crippen molar-refractivity contribution in [2.45, 2.75) is 25.7 Å². The summed E-state index contributed by atoms with van der Waals surface area (Å²) < 4.78 is 0. The number of nitrogens with two attached hydrogens (primary N) is 2. The summed E-state index contributed by atoms with van der Waals surface area (Å²) in [7, 11) is 0. The van der Waals surface area contributed by atoms with Crippen molar-refractivity contribution < 1.29 is 14.4 Å². The monoisotopic (exact) mass is 287 g/mol. The topological polar surface area (TPSA) is 106 Å². The van der Waals surface area contributed by atoms with Gasteiger partial charge in [-0.05, 0) is 25.0 Å². The van der Waals surface area contributed by atoms with Gasteiger partial charge in [-0.15, -0.1) is 0 Å². The molecule has 6 heteroatoms. The third-order valence-electron chi connectivity index (χ3n) is 4.56. The van der Waals surface area contributed by atoms with Gasteiger partial charge in [0, 0.05) is 12.2 Å². The van der Waals surface area contributed by atoms with E-state index in [1.54, 1.807) is 12.1 Å². The summed E-state index contributed by atoms with van der Waals surface area (Å²) >= 11 is 0. The third kappa shape index (κ3) is 1.79. The Morgan fingerprint density at radius 3 is 2.43 bits per heavy atom. The summed E-state index contributed by atoms with van der Waals surface area (Å²) in [5.41, 5.74) is 11.3. The Labute approximate surface area is 122 Å². The second kappa shape index (κ2) is 4.66. The third-order valence-corrected chi connectivity index (χ3v) is 4.56. The second-order valence-electron chi connectivity index (χ2n) is 5.71. The van der Waals surface area contributed by atoms with Gasteiger partial charge in [0.15, 0.2) is 0 Å². The highest BCUT2D eigenvalue weighted by Crippen LogP contribution is 2.41. The SMILES string of the molecule is NCC1(C(=O)N2C(=O)c3cccc(N)c3C2=O)CCCC1. The van der Waals surface area contributed by atoms with E-state index < -0.39 is 23.1 Å². The van der Waals surface area contributed by atoms with Crippen LogP contribution in [0.1, 0.15) is 46.4 Å². The molecule has 0 unspecified atom stereocenters. The molecular formula is C15H17N3O3. The van der Waals surface area contributed by atoms with Gasteiger partial charge in [0.05, 0.1) is 16.5 Å². The molecule has 0 spiro atoms. The van der Waals surface area contributed by atoms with Crippen LogP contribution in [0.25, 0.3) is 0 Å². The fraction of sp³-hybridized carbons (Fsp3) is 0.400. The number of nitrogen functional groups attached to an aromatic ring is 1. The molecule has 0 atom stereocenters. The Hall–Kier alpha value is -2.21. The van der Waals surface area contributed by atoms with Crippen LogP contribution in [0.15, 0.2) is 18.2 Å². The highest BCUT2D eigenvalue weighted by Gasteiger charge is 2.50. The molecule has 1 heterocycles. The fourth-order valence-electron chi connectivity index (χ4n) is 3.29. The van der Waals surface area contributed by atoms with E-state index in [9.17, 15) is 14.4 Å². The zero-order chi connectivity index (χ0) is 15.2. The predicted molar refractivity (Wildman–Crippen MR) is 76.3 cm³/mol. The number of carbonyl (C=O) groups excluding carboxylic acids is 3. The van der Waals surface area contributed by atoms with E-state index in [2.05, 4.69) is 0 Å². The van der Waals surface area contributed by atoms with Crippen LogP contribution in [-0.4, -0.2) is 29.2 Å². The number of hydrogen-bond acceptors (Lipinski definition) is 5. The van der Waals surface area contributed by atoms with Crippen molar-refractivity contribution in [3.63, 3.8) is 0 Å². The summed E-state index contributed by atoms with van der Waals surface area (Å²) in [6, 6.07) is 4.66. The van der Waals surface area contributed by atoms with Gasteiger partial charge in [0.1, 0.15) is 0 Å². The van der Waals surface area contributed by atoms with Crippen molar-refractivity contribution >= 4 is 23.4 Å². The van der Waals surface area contributed by atoms with Gasteiger partial charge < -0.3 is 11.5 Å². The lowest BCUT2D eigenvalue weighted by molar-refractivity contribution is -0.136. The van der Waals surface area contributed by atoms with Gasteiger partial charge in [0.2, 0.25) is 5.91 Å². The van der Waals surface area contributed by atoms with E-state index in [1.165, 1.54) is 6.07 Å². The van der Waals surface area contributed by atoms with E-state index in [4.69, 9.17) is 11.5 Å².